The SMILES string of the molecule is NCCCCNC(=O)CCC[O-].[CH3-].[K+]. The van der Waals surface area contributed by atoms with E-state index in [0.717, 1.165) is 12.8 Å². The van der Waals surface area contributed by atoms with Gasteiger partial charge in [-0.25, -0.2) is 0 Å². The summed E-state index contributed by atoms with van der Waals surface area (Å²) in [7, 11) is 0. The summed E-state index contributed by atoms with van der Waals surface area (Å²) in [4.78, 5) is 10.9. The molecule has 0 radical (unpaired) electrons. The number of unbranched alkanes of at least 4 members (excludes halogenated alkanes) is 1. The minimum Gasteiger partial charge on any atom is -0.854 e. The van der Waals surface area contributed by atoms with Gasteiger partial charge in [-0.05, 0) is 19.4 Å². The van der Waals surface area contributed by atoms with Crippen molar-refractivity contribution in [2.45, 2.75) is 25.7 Å². The van der Waals surface area contributed by atoms with Crippen molar-refractivity contribution in [3.8, 4) is 0 Å². The molecular formula is C9H20KN2O2-. The van der Waals surface area contributed by atoms with Gasteiger partial charge in [-0.1, -0.05) is 6.42 Å². The van der Waals surface area contributed by atoms with E-state index in [2.05, 4.69) is 5.32 Å². The first-order valence-electron chi connectivity index (χ1n) is 4.36. The average Bonchev–Trinajstić information content (AvgIpc) is 2.09. The second kappa shape index (κ2) is 16.5. The Morgan fingerprint density at radius 1 is 1.29 bits per heavy atom. The number of hydrogen-bond donors (Lipinski definition) is 2. The van der Waals surface area contributed by atoms with E-state index in [1.165, 1.54) is 0 Å². The molecule has 0 heterocycles. The minimum atomic E-state index is -0.170. The molecule has 14 heavy (non-hydrogen) atoms. The summed E-state index contributed by atoms with van der Waals surface area (Å²) in [6.45, 7) is 1.17. The van der Waals surface area contributed by atoms with Crippen LogP contribution in [0.2, 0.25) is 0 Å². The molecule has 0 saturated heterocycles. The number of rotatable bonds is 7. The van der Waals surface area contributed by atoms with Gasteiger partial charge in [-0.2, -0.15) is 0 Å². The fourth-order valence-electron chi connectivity index (χ4n) is 0.818. The Kier molecular flexibility index (Phi) is 24.0. The number of amides is 1. The molecule has 0 spiro atoms. The maximum absolute atomic E-state index is 10.9. The first-order valence-corrected chi connectivity index (χ1v) is 4.36. The van der Waals surface area contributed by atoms with E-state index in [-0.39, 0.29) is 71.3 Å². The summed E-state index contributed by atoms with van der Waals surface area (Å²) in [5.41, 5.74) is 5.27. The van der Waals surface area contributed by atoms with Crippen molar-refractivity contribution < 1.29 is 61.3 Å². The predicted octanol–water partition coefficient (Wildman–Crippen LogP) is -3.56. The quantitative estimate of drug-likeness (QED) is 0.268. The molecule has 0 aromatic rings. The van der Waals surface area contributed by atoms with Gasteiger partial charge >= 0.3 is 51.4 Å². The monoisotopic (exact) mass is 227 g/mol. The molecule has 0 fully saturated rings. The minimum absolute atomic E-state index is 0. The van der Waals surface area contributed by atoms with Crippen LogP contribution in [-0.2, 0) is 4.79 Å². The summed E-state index contributed by atoms with van der Waals surface area (Å²) in [5.74, 6) is -0.0251. The van der Waals surface area contributed by atoms with Crippen LogP contribution >= 0.6 is 0 Å². The zero-order chi connectivity index (χ0) is 9.23. The molecule has 0 bridgehead atoms. The molecule has 0 aromatic carbocycles. The van der Waals surface area contributed by atoms with Crippen LogP contribution in [0.5, 0.6) is 0 Å². The third-order valence-electron chi connectivity index (χ3n) is 1.50. The van der Waals surface area contributed by atoms with Gasteiger partial charge in [-0.3, -0.25) is 4.79 Å². The van der Waals surface area contributed by atoms with Gasteiger partial charge in [0.15, 0.2) is 0 Å². The normalized spacial score (nSPS) is 8.43. The Bertz CT molecular complexity index is 123. The van der Waals surface area contributed by atoms with Crippen LogP contribution in [-0.4, -0.2) is 25.6 Å². The number of nitrogens with two attached hydrogens (primary N) is 1. The summed E-state index contributed by atoms with van der Waals surface area (Å²) >= 11 is 0. The maximum atomic E-state index is 10.9. The molecule has 0 unspecified atom stereocenters. The molecule has 3 N–H and O–H groups in total. The molecule has 0 aromatic heterocycles. The van der Waals surface area contributed by atoms with Crippen LogP contribution in [0.1, 0.15) is 25.7 Å². The topological polar surface area (TPSA) is 78.2 Å². The molecule has 0 aliphatic carbocycles. The fraction of sp³-hybridized carbons (Fsp3) is 0.778. The zero-order valence-corrected chi connectivity index (χ0v) is 12.5. The average molecular weight is 227 g/mol. The van der Waals surface area contributed by atoms with E-state index in [4.69, 9.17) is 5.73 Å². The zero-order valence-electron chi connectivity index (χ0n) is 9.34. The van der Waals surface area contributed by atoms with Gasteiger partial charge in [0.25, 0.3) is 0 Å². The van der Waals surface area contributed by atoms with Crippen molar-refractivity contribution in [2.75, 3.05) is 19.7 Å². The number of carbonyl (C=O) groups is 1. The van der Waals surface area contributed by atoms with Gasteiger partial charge in [0, 0.05) is 13.0 Å². The third kappa shape index (κ3) is 15.5. The van der Waals surface area contributed by atoms with E-state index >= 15 is 0 Å². The van der Waals surface area contributed by atoms with Crippen LogP contribution in [0, 0.1) is 7.43 Å². The fourth-order valence-corrected chi connectivity index (χ4v) is 0.818. The Labute approximate surface area is 129 Å². The molecule has 5 heteroatoms. The van der Waals surface area contributed by atoms with Gasteiger partial charge in [0.2, 0.25) is 5.91 Å². The Hall–Kier alpha value is 1.03. The molecule has 0 saturated carbocycles. The largest absolute Gasteiger partial charge is 1.00 e. The number of carbonyl (C=O) groups excluding carboxylic acids is 1. The van der Waals surface area contributed by atoms with E-state index < -0.39 is 0 Å². The van der Waals surface area contributed by atoms with Gasteiger partial charge in [0.05, 0.1) is 0 Å². The van der Waals surface area contributed by atoms with E-state index in [1.54, 1.807) is 0 Å². The maximum Gasteiger partial charge on any atom is 1.00 e. The van der Waals surface area contributed by atoms with Crippen LogP contribution < -0.4 is 67.5 Å². The van der Waals surface area contributed by atoms with E-state index in [1.807, 2.05) is 0 Å². The molecule has 80 valence electrons. The smallest absolute Gasteiger partial charge is 0.854 e. The molecule has 0 rings (SSSR count). The number of hydrogen-bond acceptors (Lipinski definition) is 3. The summed E-state index contributed by atoms with van der Waals surface area (Å²) in [6.07, 6.45) is 2.64. The van der Waals surface area contributed by atoms with Crippen LogP contribution in [0.25, 0.3) is 0 Å². The van der Waals surface area contributed by atoms with Crippen molar-refractivity contribution in [1.82, 2.24) is 5.32 Å². The van der Waals surface area contributed by atoms with Crippen molar-refractivity contribution in [3.63, 3.8) is 0 Å². The second-order valence-corrected chi connectivity index (χ2v) is 2.65. The summed E-state index contributed by atoms with van der Waals surface area (Å²) < 4.78 is 0. The molecule has 0 aliphatic rings. The van der Waals surface area contributed by atoms with Gasteiger partial charge in [0.1, 0.15) is 0 Å². The third-order valence-corrected chi connectivity index (χ3v) is 1.50. The van der Waals surface area contributed by atoms with Crippen molar-refractivity contribution in [1.29, 1.82) is 0 Å². The molecular weight excluding hydrogens is 207 g/mol. The van der Waals surface area contributed by atoms with Crippen LogP contribution in [0.4, 0.5) is 0 Å². The van der Waals surface area contributed by atoms with Gasteiger partial charge < -0.3 is 23.6 Å². The standard InChI is InChI=1S/C8H17N2O2.CH3.K/c9-5-1-2-6-10-8(12)4-3-7-11;;/h1-7,9H2,(H,10,12);1H3;/q2*-1;+1. The van der Waals surface area contributed by atoms with Crippen LogP contribution in [0.15, 0.2) is 0 Å². The Morgan fingerprint density at radius 2 is 1.93 bits per heavy atom. The molecule has 4 nitrogen and oxygen atoms in total. The Balaban J connectivity index is -0.000000605. The van der Waals surface area contributed by atoms with Crippen LogP contribution in [0.3, 0.4) is 0 Å². The van der Waals surface area contributed by atoms with E-state index in [0.29, 0.717) is 25.9 Å². The summed E-state index contributed by atoms with van der Waals surface area (Å²) in [6, 6.07) is 0. The first kappa shape index (κ1) is 20.4. The second-order valence-electron chi connectivity index (χ2n) is 2.65. The first-order chi connectivity index (χ1) is 5.81. The van der Waals surface area contributed by atoms with Crippen molar-refractivity contribution in [2.24, 2.45) is 5.73 Å². The molecule has 0 atom stereocenters. The number of nitrogens with one attached hydrogen (secondary N) is 1. The van der Waals surface area contributed by atoms with Crippen molar-refractivity contribution in [3.05, 3.63) is 7.43 Å². The van der Waals surface area contributed by atoms with Crippen molar-refractivity contribution >= 4 is 5.91 Å². The molecule has 0 aliphatic heterocycles. The van der Waals surface area contributed by atoms with E-state index in [9.17, 15) is 9.90 Å². The Morgan fingerprint density at radius 3 is 2.43 bits per heavy atom. The summed E-state index contributed by atoms with van der Waals surface area (Å²) in [5, 5.41) is 12.7. The molecule has 1 amide bonds. The predicted molar refractivity (Wildman–Crippen MR) is 51.8 cm³/mol. The van der Waals surface area contributed by atoms with Gasteiger partial charge in [-0.15, -0.1) is 6.61 Å².